The van der Waals surface area contributed by atoms with E-state index in [4.69, 9.17) is 16.6 Å². The molecule has 1 aromatic carbocycles. The summed E-state index contributed by atoms with van der Waals surface area (Å²) in [5, 5.41) is 0.448. The first-order valence-electron chi connectivity index (χ1n) is 8.73. The minimum absolute atomic E-state index is 0.0782. The van der Waals surface area contributed by atoms with Crippen LogP contribution in [0.25, 0.3) is 0 Å². The fourth-order valence-electron chi connectivity index (χ4n) is 2.35. The molecule has 1 unspecified atom stereocenters. The van der Waals surface area contributed by atoms with Gasteiger partial charge in [-0.1, -0.05) is 58.0 Å². The van der Waals surface area contributed by atoms with Gasteiger partial charge in [0.15, 0.2) is 0 Å². The van der Waals surface area contributed by atoms with E-state index in [1.54, 1.807) is 6.07 Å². The summed E-state index contributed by atoms with van der Waals surface area (Å²) in [6.45, 7) is 14.2. The van der Waals surface area contributed by atoms with E-state index in [1.807, 2.05) is 20.1 Å². The summed E-state index contributed by atoms with van der Waals surface area (Å²) in [5.74, 6) is -0.00347. The molecule has 0 radical (unpaired) electrons. The van der Waals surface area contributed by atoms with Crippen molar-refractivity contribution in [1.82, 2.24) is 0 Å². The van der Waals surface area contributed by atoms with Crippen LogP contribution in [0.5, 0.6) is 0 Å². The van der Waals surface area contributed by atoms with Crippen molar-refractivity contribution in [3.63, 3.8) is 0 Å². The van der Waals surface area contributed by atoms with Gasteiger partial charge in [0.2, 0.25) is 0 Å². The molecule has 0 aliphatic carbocycles. The standard InChI is InChI=1S/C21H28ClFN2/c1-7-11-24-15(5)16(6)25-21(14(3)4)12-17(8-2)19-10-9-18(23)13-20(19)22/h9-14,17H,5,7-8H2,1-4,6H3/b21-12+,24-11?,25-16?. The predicted molar refractivity (Wildman–Crippen MR) is 108 cm³/mol. The zero-order valence-corrected chi connectivity index (χ0v) is 16.6. The van der Waals surface area contributed by atoms with Gasteiger partial charge in [0.25, 0.3) is 0 Å². The monoisotopic (exact) mass is 362 g/mol. The molecule has 136 valence electrons. The van der Waals surface area contributed by atoms with Crippen LogP contribution in [0.2, 0.25) is 5.02 Å². The summed E-state index contributed by atoms with van der Waals surface area (Å²) in [7, 11) is 0. The van der Waals surface area contributed by atoms with Crippen LogP contribution in [-0.4, -0.2) is 11.9 Å². The van der Waals surface area contributed by atoms with Gasteiger partial charge in [-0.25, -0.2) is 4.39 Å². The Hall–Kier alpha value is -1.74. The van der Waals surface area contributed by atoms with Gasteiger partial charge in [-0.3, -0.25) is 9.98 Å². The van der Waals surface area contributed by atoms with E-state index in [0.29, 0.717) is 10.7 Å². The highest BCUT2D eigenvalue weighted by molar-refractivity contribution is 6.31. The van der Waals surface area contributed by atoms with Crippen molar-refractivity contribution in [2.75, 3.05) is 0 Å². The normalized spacial score (nSPS) is 14.4. The van der Waals surface area contributed by atoms with Gasteiger partial charge in [0.1, 0.15) is 5.82 Å². The highest BCUT2D eigenvalue weighted by Crippen LogP contribution is 2.31. The van der Waals surface area contributed by atoms with Crippen LogP contribution in [-0.2, 0) is 0 Å². The Morgan fingerprint density at radius 1 is 1.32 bits per heavy atom. The third-order valence-corrected chi connectivity index (χ3v) is 4.24. The molecule has 0 heterocycles. The number of halogens is 2. The molecule has 0 bridgehead atoms. The molecule has 0 amide bonds. The van der Waals surface area contributed by atoms with Crippen LogP contribution in [0.4, 0.5) is 4.39 Å². The molecule has 1 atom stereocenters. The van der Waals surface area contributed by atoms with Crippen molar-refractivity contribution >= 4 is 23.5 Å². The summed E-state index contributed by atoms with van der Waals surface area (Å²) in [5.41, 5.74) is 3.34. The van der Waals surface area contributed by atoms with E-state index in [1.165, 1.54) is 12.1 Å². The second-order valence-electron chi connectivity index (χ2n) is 6.29. The maximum Gasteiger partial charge on any atom is 0.124 e. The molecule has 0 N–H and O–H groups in total. The summed E-state index contributed by atoms with van der Waals surface area (Å²) in [6, 6.07) is 4.56. The second-order valence-corrected chi connectivity index (χ2v) is 6.70. The first kappa shape index (κ1) is 21.3. The van der Waals surface area contributed by atoms with E-state index in [0.717, 1.165) is 29.8 Å². The van der Waals surface area contributed by atoms with Gasteiger partial charge >= 0.3 is 0 Å². The summed E-state index contributed by atoms with van der Waals surface area (Å²) in [4.78, 5) is 9.03. The molecule has 1 rings (SSSR count). The average molecular weight is 363 g/mol. The molecule has 0 aliphatic rings. The van der Waals surface area contributed by atoms with Gasteiger partial charge in [-0.15, -0.1) is 0 Å². The Morgan fingerprint density at radius 2 is 2.00 bits per heavy atom. The summed E-state index contributed by atoms with van der Waals surface area (Å²) in [6.07, 6.45) is 5.66. The van der Waals surface area contributed by atoms with E-state index in [2.05, 4.69) is 38.4 Å². The van der Waals surface area contributed by atoms with Crippen molar-refractivity contribution in [2.24, 2.45) is 15.9 Å². The minimum atomic E-state index is -0.324. The van der Waals surface area contributed by atoms with Crippen molar-refractivity contribution in [1.29, 1.82) is 0 Å². The highest BCUT2D eigenvalue weighted by Gasteiger charge is 2.14. The quantitative estimate of drug-likeness (QED) is 0.446. The summed E-state index contributed by atoms with van der Waals surface area (Å²) >= 11 is 6.24. The van der Waals surface area contributed by atoms with Gasteiger partial charge in [0.05, 0.1) is 11.4 Å². The molecular weight excluding hydrogens is 335 g/mol. The van der Waals surface area contributed by atoms with Crippen molar-refractivity contribution in [2.45, 2.75) is 53.4 Å². The number of hydrogen-bond donors (Lipinski definition) is 0. The Labute approximate surface area is 156 Å². The Kier molecular flexibility index (Phi) is 8.77. The lowest BCUT2D eigenvalue weighted by atomic mass is 9.93. The lowest BCUT2D eigenvalue weighted by Gasteiger charge is -2.16. The van der Waals surface area contributed by atoms with Gasteiger partial charge in [-0.2, -0.15) is 0 Å². The average Bonchev–Trinajstić information content (AvgIpc) is 2.56. The molecule has 0 saturated carbocycles. The van der Waals surface area contributed by atoms with Crippen LogP contribution in [0.1, 0.15) is 58.9 Å². The van der Waals surface area contributed by atoms with E-state index in [-0.39, 0.29) is 17.7 Å². The predicted octanol–water partition coefficient (Wildman–Crippen LogP) is 6.97. The lowest BCUT2D eigenvalue weighted by Crippen LogP contribution is -2.03. The van der Waals surface area contributed by atoms with Gasteiger partial charge in [0, 0.05) is 22.9 Å². The van der Waals surface area contributed by atoms with Crippen LogP contribution in [0.3, 0.4) is 0 Å². The topological polar surface area (TPSA) is 24.7 Å². The summed E-state index contributed by atoms with van der Waals surface area (Å²) < 4.78 is 13.3. The van der Waals surface area contributed by atoms with Gasteiger partial charge < -0.3 is 0 Å². The number of allylic oxidation sites excluding steroid dienone is 3. The van der Waals surface area contributed by atoms with Crippen LogP contribution in [0, 0.1) is 11.7 Å². The van der Waals surface area contributed by atoms with E-state index < -0.39 is 0 Å². The van der Waals surface area contributed by atoms with Crippen LogP contribution >= 0.6 is 11.6 Å². The zero-order valence-electron chi connectivity index (χ0n) is 15.8. The SMILES string of the molecule is C=C(N=CCC)C(C)=N/C(=C/C(CC)c1ccc(F)cc1Cl)C(C)C. The Balaban J connectivity index is 3.22. The number of rotatable bonds is 8. The largest absolute Gasteiger partial charge is 0.260 e. The van der Waals surface area contributed by atoms with Crippen LogP contribution in [0.15, 0.2) is 52.2 Å². The molecular formula is C21H28ClFN2. The Morgan fingerprint density at radius 3 is 2.52 bits per heavy atom. The maximum absolute atomic E-state index is 13.3. The van der Waals surface area contributed by atoms with Crippen LogP contribution < -0.4 is 0 Å². The van der Waals surface area contributed by atoms with Crippen molar-refractivity contribution in [3.05, 3.63) is 58.7 Å². The number of hydrogen-bond acceptors (Lipinski definition) is 2. The smallest absolute Gasteiger partial charge is 0.124 e. The molecule has 2 nitrogen and oxygen atoms in total. The number of aliphatic imine (C=N–C) groups is 2. The molecule has 1 aromatic rings. The third-order valence-electron chi connectivity index (χ3n) is 3.91. The van der Waals surface area contributed by atoms with Crippen molar-refractivity contribution < 1.29 is 4.39 Å². The fraction of sp³-hybridized carbons (Fsp3) is 0.429. The molecule has 0 saturated heterocycles. The second kappa shape index (κ2) is 10.3. The Bertz CT molecular complexity index is 687. The molecule has 0 fully saturated rings. The number of benzene rings is 1. The highest BCUT2D eigenvalue weighted by atomic mass is 35.5. The molecule has 25 heavy (non-hydrogen) atoms. The molecule has 4 heteroatoms. The molecule has 0 aromatic heterocycles. The fourth-order valence-corrected chi connectivity index (χ4v) is 2.66. The van der Waals surface area contributed by atoms with Gasteiger partial charge in [-0.05, 0) is 43.4 Å². The van der Waals surface area contributed by atoms with E-state index >= 15 is 0 Å². The lowest BCUT2D eigenvalue weighted by molar-refractivity contribution is 0.626. The zero-order chi connectivity index (χ0) is 19.0. The number of nitrogens with zero attached hydrogens (tertiary/aromatic N) is 2. The minimum Gasteiger partial charge on any atom is -0.260 e. The van der Waals surface area contributed by atoms with Crippen molar-refractivity contribution in [3.8, 4) is 0 Å². The maximum atomic E-state index is 13.3. The first-order chi connectivity index (χ1) is 11.8. The van der Waals surface area contributed by atoms with E-state index in [9.17, 15) is 4.39 Å². The third kappa shape index (κ3) is 6.58. The molecule has 0 aliphatic heterocycles. The molecule has 0 spiro atoms. The first-order valence-corrected chi connectivity index (χ1v) is 9.11.